The van der Waals surface area contributed by atoms with E-state index in [1.165, 1.54) is 5.56 Å². The summed E-state index contributed by atoms with van der Waals surface area (Å²) in [5, 5.41) is 1.92. The molecule has 1 aromatic rings. The molecule has 1 aliphatic rings. The fraction of sp³-hybridized carbons (Fsp3) is 0.600. The lowest BCUT2D eigenvalue weighted by atomic mass is 10.1. The van der Waals surface area contributed by atoms with Crippen molar-refractivity contribution in [2.45, 2.75) is 42.6 Å². The van der Waals surface area contributed by atoms with Gasteiger partial charge in [0.25, 0.3) is 0 Å². The Morgan fingerprint density at radius 3 is 2.53 bits per heavy atom. The zero-order valence-electron chi connectivity index (χ0n) is 11.8. The molecule has 106 valence electrons. The maximum atomic E-state index is 6.43. The fourth-order valence-corrected chi connectivity index (χ4v) is 5.21. The number of rotatable bonds is 4. The number of ether oxygens (including phenoxy) is 1. The Hall–Kier alpha value is -0.320. The molecule has 0 bridgehead atoms. The molecule has 2 rings (SSSR count). The van der Waals surface area contributed by atoms with Gasteiger partial charge in [0.2, 0.25) is 0 Å². The Morgan fingerprint density at radius 2 is 1.95 bits per heavy atom. The molecule has 19 heavy (non-hydrogen) atoms. The fourth-order valence-electron chi connectivity index (χ4n) is 2.16. The second kappa shape index (κ2) is 6.91. The van der Waals surface area contributed by atoms with E-state index in [0.29, 0.717) is 17.1 Å². The van der Waals surface area contributed by atoms with Crippen LogP contribution in [0.15, 0.2) is 24.3 Å². The Labute approximate surface area is 124 Å². The van der Waals surface area contributed by atoms with Crippen molar-refractivity contribution in [2.24, 2.45) is 5.73 Å². The van der Waals surface area contributed by atoms with E-state index in [-0.39, 0.29) is 6.04 Å². The van der Waals surface area contributed by atoms with Crippen LogP contribution in [0.25, 0.3) is 0 Å². The highest BCUT2D eigenvalue weighted by Gasteiger charge is 2.30. The molecular formula is C15H23NOS2. The van der Waals surface area contributed by atoms with E-state index < -0.39 is 0 Å². The lowest BCUT2D eigenvalue weighted by Gasteiger charge is -2.34. The molecule has 0 amide bonds. The van der Waals surface area contributed by atoms with Crippen LogP contribution in [0.5, 0.6) is 5.75 Å². The van der Waals surface area contributed by atoms with Crippen LogP contribution < -0.4 is 10.5 Å². The first-order chi connectivity index (χ1) is 9.11. The second-order valence-electron chi connectivity index (χ2n) is 4.95. The van der Waals surface area contributed by atoms with Crippen LogP contribution in [0.4, 0.5) is 0 Å². The molecule has 1 aliphatic heterocycles. The van der Waals surface area contributed by atoms with Gasteiger partial charge in [-0.15, -0.1) is 0 Å². The number of thioether (sulfide) groups is 2. The van der Waals surface area contributed by atoms with Crippen LogP contribution in [0.2, 0.25) is 0 Å². The third kappa shape index (κ3) is 3.83. The first-order valence-electron chi connectivity index (χ1n) is 6.87. The van der Waals surface area contributed by atoms with Crippen LogP contribution >= 0.6 is 23.5 Å². The minimum atomic E-state index is 0.114. The van der Waals surface area contributed by atoms with E-state index in [2.05, 4.69) is 26.0 Å². The minimum absolute atomic E-state index is 0.114. The highest BCUT2D eigenvalue weighted by atomic mass is 32.2. The van der Waals surface area contributed by atoms with Gasteiger partial charge in [-0.25, -0.2) is 0 Å². The van der Waals surface area contributed by atoms with E-state index in [1.54, 1.807) is 0 Å². The monoisotopic (exact) mass is 297 g/mol. The molecule has 2 nitrogen and oxygen atoms in total. The van der Waals surface area contributed by atoms with Crippen molar-refractivity contribution in [2.75, 3.05) is 12.4 Å². The van der Waals surface area contributed by atoms with E-state index in [1.807, 2.05) is 42.6 Å². The van der Waals surface area contributed by atoms with Gasteiger partial charge in [0.1, 0.15) is 5.75 Å². The van der Waals surface area contributed by atoms with Crippen LogP contribution in [0.1, 0.15) is 32.4 Å². The molecule has 1 fully saturated rings. The summed E-state index contributed by atoms with van der Waals surface area (Å²) in [5.41, 5.74) is 7.64. The molecule has 2 N–H and O–H groups in total. The molecule has 0 saturated carbocycles. The van der Waals surface area contributed by atoms with Gasteiger partial charge in [-0.1, -0.05) is 26.0 Å². The van der Waals surface area contributed by atoms with Crippen LogP contribution in [0.3, 0.4) is 0 Å². The van der Waals surface area contributed by atoms with Gasteiger partial charge in [0.15, 0.2) is 0 Å². The molecule has 1 aromatic carbocycles. The van der Waals surface area contributed by atoms with Crippen molar-refractivity contribution in [1.29, 1.82) is 0 Å². The van der Waals surface area contributed by atoms with Crippen molar-refractivity contribution in [3.63, 3.8) is 0 Å². The maximum Gasteiger partial charge on any atom is 0.119 e. The van der Waals surface area contributed by atoms with Gasteiger partial charge in [0.05, 0.1) is 6.61 Å². The molecule has 0 aromatic heterocycles. The molecule has 1 saturated heterocycles. The zero-order valence-corrected chi connectivity index (χ0v) is 13.5. The summed E-state index contributed by atoms with van der Waals surface area (Å²) < 4.78 is 5.47. The predicted octanol–water partition coefficient (Wildman–Crippen LogP) is 3.71. The van der Waals surface area contributed by atoms with Gasteiger partial charge in [0, 0.05) is 27.5 Å². The Balaban J connectivity index is 2.00. The van der Waals surface area contributed by atoms with Gasteiger partial charge in [-0.05, 0) is 24.6 Å². The Bertz CT molecular complexity index is 396. The van der Waals surface area contributed by atoms with Crippen molar-refractivity contribution >= 4 is 23.5 Å². The van der Waals surface area contributed by atoms with Crippen molar-refractivity contribution in [3.05, 3.63) is 29.8 Å². The summed E-state index contributed by atoms with van der Waals surface area (Å²) in [6.07, 6.45) is 0. The van der Waals surface area contributed by atoms with Crippen molar-refractivity contribution in [3.8, 4) is 5.75 Å². The zero-order chi connectivity index (χ0) is 13.8. The van der Waals surface area contributed by atoms with Gasteiger partial charge >= 0.3 is 0 Å². The summed E-state index contributed by atoms with van der Waals surface area (Å²) in [6, 6.07) is 8.35. The topological polar surface area (TPSA) is 35.2 Å². The normalized spacial score (nSPS) is 28.9. The average Bonchev–Trinajstić information content (AvgIpc) is 2.42. The number of hydrogen-bond acceptors (Lipinski definition) is 4. The van der Waals surface area contributed by atoms with Gasteiger partial charge in [-0.3, -0.25) is 0 Å². The predicted molar refractivity (Wildman–Crippen MR) is 87.3 cm³/mol. The molecule has 1 heterocycles. The molecule has 4 unspecified atom stereocenters. The van der Waals surface area contributed by atoms with Crippen LogP contribution in [0, 0.1) is 0 Å². The molecule has 0 spiro atoms. The summed E-state index contributed by atoms with van der Waals surface area (Å²) >= 11 is 4.08. The number of hydrogen-bond donors (Lipinski definition) is 1. The number of nitrogens with two attached hydrogens (primary N) is 1. The van der Waals surface area contributed by atoms with E-state index >= 15 is 0 Å². The van der Waals surface area contributed by atoms with E-state index in [9.17, 15) is 0 Å². The van der Waals surface area contributed by atoms with Crippen molar-refractivity contribution < 1.29 is 4.74 Å². The average molecular weight is 297 g/mol. The largest absolute Gasteiger partial charge is 0.494 e. The summed E-state index contributed by atoms with van der Waals surface area (Å²) in [5.74, 6) is 2.07. The Morgan fingerprint density at radius 1 is 1.26 bits per heavy atom. The first-order valence-corrected chi connectivity index (χ1v) is 8.86. The molecule has 4 heteroatoms. The standard InChI is InChI=1S/C15H23NOS2/c1-4-17-13-7-5-12(6-8-13)15(16)14-9-18-10(2)11(3)19-14/h5-8,10-11,14-15H,4,9,16H2,1-3H3. The summed E-state index contributed by atoms with van der Waals surface area (Å²) in [6.45, 7) is 7.31. The maximum absolute atomic E-state index is 6.43. The third-order valence-corrected chi connectivity index (χ3v) is 7.07. The van der Waals surface area contributed by atoms with Gasteiger partial charge in [-0.2, -0.15) is 23.5 Å². The van der Waals surface area contributed by atoms with Crippen LogP contribution in [-0.4, -0.2) is 28.1 Å². The summed E-state index contributed by atoms with van der Waals surface area (Å²) in [4.78, 5) is 0. The molecule has 4 atom stereocenters. The highest BCUT2D eigenvalue weighted by molar-refractivity contribution is 8.07. The summed E-state index contributed by atoms with van der Waals surface area (Å²) in [7, 11) is 0. The first kappa shape index (κ1) is 15.1. The third-order valence-electron chi connectivity index (χ3n) is 3.55. The molecular weight excluding hydrogens is 274 g/mol. The smallest absolute Gasteiger partial charge is 0.119 e. The second-order valence-corrected chi connectivity index (χ2v) is 7.98. The molecule has 0 radical (unpaired) electrons. The SMILES string of the molecule is CCOc1ccc(C(N)C2CSC(C)C(C)S2)cc1. The number of benzene rings is 1. The minimum Gasteiger partial charge on any atom is -0.494 e. The lowest BCUT2D eigenvalue weighted by Crippen LogP contribution is -2.34. The Kier molecular flexibility index (Phi) is 5.48. The molecule has 0 aliphatic carbocycles. The van der Waals surface area contributed by atoms with Crippen molar-refractivity contribution in [1.82, 2.24) is 0 Å². The lowest BCUT2D eigenvalue weighted by molar-refractivity contribution is 0.340. The van der Waals surface area contributed by atoms with Gasteiger partial charge < -0.3 is 10.5 Å². The van der Waals surface area contributed by atoms with E-state index in [0.717, 1.165) is 16.8 Å². The van der Waals surface area contributed by atoms with E-state index in [4.69, 9.17) is 10.5 Å². The highest BCUT2D eigenvalue weighted by Crippen LogP contribution is 2.40. The van der Waals surface area contributed by atoms with Crippen LogP contribution in [-0.2, 0) is 0 Å². The quantitative estimate of drug-likeness (QED) is 0.919.